The third kappa shape index (κ3) is 9.88. The first kappa shape index (κ1) is 13.0. The van der Waals surface area contributed by atoms with Crippen molar-refractivity contribution in [3.63, 3.8) is 0 Å². The highest BCUT2D eigenvalue weighted by Gasteiger charge is 1.99. The molecule has 0 aromatic heterocycles. The normalized spacial score (nSPS) is 13.6. The molecule has 0 aromatic rings. The van der Waals surface area contributed by atoms with E-state index in [9.17, 15) is 0 Å². The number of hydrogen-bond donors (Lipinski definition) is 1. The number of rotatable bonds is 8. The van der Waals surface area contributed by atoms with Crippen molar-refractivity contribution in [1.29, 1.82) is 0 Å². The molecule has 1 atom stereocenters. The van der Waals surface area contributed by atoms with Gasteiger partial charge in [-0.1, -0.05) is 46.5 Å². The molecule has 13 heavy (non-hydrogen) atoms. The zero-order chi connectivity index (χ0) is 10.1. The Morgan fingerprint density at radius 1 is 0.923 bits per heavy atom. The molecule has 0 aromatic carbocycles. The fraction of sp³-hybridized carbons (Fsp3) is 1.00. The van der Waals surface area contributed by atoms with Crippen LogP contribution in [-0.4, -0.2) is 12.6 Å². The smallest absolute Gasteiger partial charge is 0.00386 e. The zero-order valence-corrected chi connectivity index (χ0v) is 9.90. The van der Waals surface area contributed by atoms with Crippen molar-refractivity contribution in [1.82, 2.24) is 5.32 Å². The van der Waals surface area contributed by atoms with Gasteiger partial charge in [0.15, 0.2) is 0 Å². The van der Waals surface area contributed by atoms with Gasteiger partial charge >= 0.3 is 0 Å². The van der Waals surface area contributed by atoms with Crippen LogP contribution in [-0.2, 0) is 0 Å². The molecular weight excluding hydrogens is 158 g/mol. The molecule has 1 unspecified atom stereocenters. The molecule has 0 heterocycles. The first-order chi connectivity index (χ1) is 6.16. The number of unbranched alkanes of at least 4 members (excludes halogenated alkanes) is 2. The summed E-state index contributed by atoms with van der Waals surface area (Å²) in [6, 6.07) is 0.712. The maximum absolute atomic E-state index is 3.45. The molecule has 0 aliphatic rings. The van der Waals surface area contributed by atoms with Gasteiger partial charge in [-0.05, 0) is 25.8 Å². The van der Waals surface area contributed by atoms with Gasteiger partial charge in [-0.2, -0.15) is 0 Å². The Labute approximate surface area is 84.3 Å². The van der Waals surface area contributed by atoms with E-state index < -0.39 is 0 Å². The molecule has 1 nitrogen and oxygen atoms in total. The Bertz CT molecular complexity index is 99.3. The van der Waals surface area contributed by atoms with Gasteiger partial charge in [0.2, 0.25) is 0 Å². The van der Waals surface area contributed by atoms with Gasteiger partial charge in [0, 0.05) is 6.04 Å². The lowest BCUT2D eigenvalue weighted by Gasteiger charge is -2.11. The fourth-order valence-corrected chi connectivity index (χ4v) is 1.63. The zero-order valence-electron chi connectivity index (χ0n) is 9.90. The van der Waals surface area contributed by atoms with Crippen LogP contribution in [0, 0.1) is 5.92 Å². The standard InChI is InChI=1S/C12H27N/c1-5-13-12(4)10-8-6-7-9-11(2)3/h11-13H,5-10H2,1-4H3. The lowest BCUT2D eigenvalue weighted by atomic mass is 10.0. The molecule has 0 rings (SSSR count). The Balaban J connectivity index is 3.06. The summed E-state index contributed by atoms with van der Waals surface area (Å²) in [5.74, 6) is 0.881. The Morgan fingerprint density at radius 3 is 2.08 bits per heavy atom. The SMILES string of the molecule is CCNC(C)CCCCCC(C)C. The molecule has 0 fully saturated rings. The van der Waals surface area contributed by atoms with Crippen molar-refractivity contribution < 1.29 is 0 Å². The van der Waals surface area contributed by atoms with Crippen molar-refractivity contribution in [2.45, 2.75) is 65.8 Å². The van der Waals surface area contributed by atoms with E-state index in [-0.39, 0.29) is 0 Å². The predicted octanol–water partition coefficient (Wildman–Crippen LogP) is 3.59. The summed E-state index contributed by atoms with van der Waals surface area (Å²) in [7, 11) is 0. The highest BCUT2D eigenvalue weighted by Crippen LogP contribution is 2.10. The molecular formula is C12H27N. The summed E-state index contributed by atoms with van der Waals surface area (Å²) < 4.78 is 0. The lowest BCUT2D eigenvalue weighted by Crippen LogP contribution is -2.25. The van der Waals surface area contributed by atoms with Crippen LogP contribution in [0.3, 0.4) is 0 Å². The minimum absolute atomic E-state index is 0.712. The van der Waals surface area contributed by atoms with Crippen LogP contribution in [0.2, 0.25) is 0 Å². The summed E-state index contributed by atoms with van der Waals surface area (Å²) in [5.41, 5.74) is 0. The highest BCUT2D eigenvalue weighted by atomic mass is 14.9. The minimum atomic E-state index is 0.712. The van der Waals surface area contributed by atoms with Crippen LogP contribution >= 0.6 is 0 Å². The number of nitrogens with one attached hydrogen (secondary N) is 1. The molecule has 0 aliphatic carbocycles. The Morgan fingerprint density at radius 2 is 1.54 bits per heavy atom. The molecule has 80 valence electrons. The van der Waals surface area contributed by atoms with Gasteiger partial charge in [0.1, 0.15) is 0 Å². The third-order valence-electron chi connectivity index (χ3n) is 2.47. The van der Waals surface area contributed by atoms with Gasteiger partial charge in [0.05, 0.1) is 0 Å². The van der Waals surface area contributed by atoms with Crippen molar-refractivity contribution in [2.24, 2.45) is 5.92 Å². The van der Waals surface area contributed by atoms with E-state index >= 15 is 0 Å². The van der Waals surface area contributed by atoms with E-state index in [0.717, 1.165) is 12.5 Å². The lowest BCUT2D eigenvalue weighted by molar-refractivity contribution is 0.472. The first-order valence-electron chi connectivity index (χ1n) is 5.90. The molecule has 1 heteroatoms. The molecule has 0 saturated carbocycles. The molecule has 0 radical (unpaired) electrons. The van der Waals surface area contributed by atoms with E-state index in [1.165, 1.54) is 32.1 Å². The van der Waals surface area contributed by atoms with E-state index in [4.69, 9.17) is 0 Å². The summed E-state index contributed by atoms with van der Waals surface area (Å²) in [6.45, 7) is 10.2. The largest absolute Gasteiger partial charge is 0.315 e. The first-order valence-corrected chi connectivity index (χ1v) is 5.90. The molecule has 0 spiro atoms. The topological polar surface area (TPSA) is 12.0 Å². The fourth-order valence-electron chi connectivity index (χ4n) is 1.63. The molecule has 0 bridgehead atoms. The predicted molar refractivity (Wildman–Crippen MR) is 61.1 cm³/mol. The second-order valence-electron chi connectivity index (χ2n) is 4.49. The average Bonchev–Trinajstić information content (AvgIpc) is 2.03. The Hall–Kier alpha value is -0.0400. The van der Waals surface area contributed by atoms with Crippen LogP contribution < -0.4 is 5.32 Å². The molecule has 1 N–H and O–H groups in total. The second kappa shape index (κ2) is 8.55. The van der Waals surface area contributed by atoms with E-state index in [1.54, 1.807) is 0 Å². The summed E-state index contributed by atoms with van der Waals surface area (Å²) in [5, 5.41) is 3.45. The monoisotopic (exact) mass is 185 g/mol. The van der Waals surface area contributed by atoms with E-state index in [1.807, 2.05) is 0 Å². The van der Waals surface area contributed by atoms with Gasteiger partial charge in [-0.3, -0.25) is 0 Å². The average molecular weight is 185 g/mol. The third-order valence-corrected chi connectivity index (χ3v) is 2.47. The van der Waals surface area contributed by atoms with Crippen molar-refractivity contribution in [2.75, 3.05) is 6.54 Å². The van der Waals surface area contributed by atoms with E-state index in [2.05, 4.69) is 33.0 Å². The summed E-state index contributed by atoms with van der Waals surface area (Å²) in [6.07, 6.45) is 6.95. The molecule has 0 amide bonds. The van der Waals surface area contributed by atoms with Gasteiger partial charge in [-0.15, -0.1) is 0 Å². The quantitative estimate of drug-likeness (QED) is 0.570. The van der Waals surface area contributed by atoms with Gasteiger partial charge < -0.3 is 5.32 Å². The van der Waals surface area contributed by atoms with Crippen LogP contribution in [0.1, 0.15) is 59.8 Å². The molecule has 0 saturated heterocycles. The van der Waals surface area contributed by atoms with Gasteiger partial charge in [-0.25, -0.2) is 0 Å². The van der Waals surface area contributed by atoms with Gasteiger partial charge in [0.25, 0.3) is 0 Å². The van der Waals surface area contributed by atoms with Crippen molar-refractivity contribution >= 4 is 0 Å². The number of hydrogen-bond acceptors (Lipinski definition) is 1. The van der Waals surface area contributed by atoms with Crippen LogP contribution in [0.5, 0.6) is 0 Å². The molecule has 0 aliphatic heterocycles. The van der Waals surface area contributed by atoms with Crippen molar-refractivity contribution in [3.8, 4) is 0 Å². The van der Waals surface area contributed by atoms with E-state index in [0.29, 0.717) is 6.04 Å². The van der Waals surface area contributed by atoms with Crippen LogP contribution in [0.4, 0.5) is 0 Å². The minimum Gasteiger partial charge on any atom is -0.315 e. The maximum Gasteiger partial charge on any atom is 0.00386 e. The highest BCUT2D eigenvalue weighted by molar-refractivity contribution is 4.59. The summed E-state index contributed by atoms with van der Waals surface area (Å²) in [4.78, 5) is 0. The second-order valence-corrected chi connectivity index (χ2v) is 4.49. The van der Waals surface area contributed by atoms with Crippen LogP contribution in [0.25, 0.3) is 0 Å². The van der Waals surface area contributed by atoms with Crippen LogP contribution in [0.15, 0.2) is 0 Å². The Kier molecular flexibility index (Phi) is 8.53. The summed E-state index contributed by atoms with van der Waals surface area (Å²) >= 11 is 0. The maximum atomic E-state index is 3.45. The van der Waals surface area contributed by atoms with Crippen molar-refractivity contribution in [3.05, 3.63) is 0 Å².